The smallest absolute Gasteiger partial charge is 0.270 e. The average Bonchev–Trinajstić information content (AvgIpc) is 3.33. The summed E-state index contributed by atoms with van der Waals surface area (Å²) in [4.78, 5) is 30.3. The molecule has 6 aromatic rings. The molecule has 0 aliphatic carbocycles. The Balaban J connectivity index is 1.42. The van der Waals surface area contributed by atoms with Gasteiger partial charge >= 0.3 is 0 Å². The monoisotopic (exact) mass is 533 g/mol. The molecular formula is C31H31N7O2. The zero-order valence-electron chi connectivity index (χ0n) is 23.0. The van der Waals surface area contributed by atoms with Crippen molar-refractivity contribution in [2.45, 2.75) is 20.3 Å². The number of nitrogens with one attached hydrogen (secondary N) is 1. The van der Waals surface area contributed by atoms with Crippen molar-refractivity contribution in [3.05, 3.63) is 94.4 Å². The molecule has 9 nitrogen and oxygen atoms in total. The van der Waals surface area contributed by atoms with Gasteiger partial charge in [0.1, 0.15) is 11.1 Å². The van der Waals surface area contributed by atoms with Crippen molar-refractivity contribution >= 4 is 39.5 Å². The molecule has 3 aromatic heterocycles. The van der Waals surface area contributed by atoms with Crippen LogP contribution in [0.2, 0.25) is 0 Å². The Kier molecular flexibility index (Phi) is 6.65. The van der Waals surface area contributed by atoms with E-state index in [0.29, 0.717) is 29.4 Å². The van der Waals surface area contributed by atoms with Gasteiger partial charge in [-0.1, -0.05) is 30.3 Å². The van der Waals surface area contributed by atoms with Gasteiger partial charge in [0.15, 0.2) is 5.65 Å². The van der Waals surface area contributed by atoms with E-state index in [-0.39, 0.29) is 5.56 Å². The summed E-state index contributed by atoms with van der Waals surface area (Å²) < 4.78 is 9.47. The van der Waals surface area contributed by atoms with Gasteiger partial charge in [-0.3, -0.25) is 9.20 Å². The Bertz CT molecular complexity index is 1890. The number of benzene rings is 3. The summed E-state index contributed by atoms with van der Waals surface area (Å²) in [6, 6.07) is 21.5. The van der Waals surface area contributed by atoms with Gasteiger partial charge in [0.25, 0.3) is 5.56 Å². The van der Waals surface area contributed by atoms with Crippen LogP contribution in [0.5, 0.6) is 5.75 Å². The summed E-state index contributed by atoms with van der Waals surface area (Å²) >= 11 is 0. The summed E-state index contributed by atoms with van der Waals surface area (Å²) in [6.45, 7) is 5.64. The van der Waals surface area contributed by atoms with E-state index in [1.807, 2.05) is 85.0 Å². The lowest BCUT2D eigenvalue weighted by molar-refractivity contribution is 0.281. The zero-order chi connectivity index (χ0) is 27.8. The maximum atomic E-state index is 14.0. The molecule has 1 N–H and O–H groups in total. The van der Waals surface area contributed by atoms with Crippen molar-refractivity contribution in [1.82, 2.24) is 28.8 Å². The molecule has 0 saturated carbocycles. The van der Waals surface area contributed by atoms with Crippen LogP contribution >= 0.6 is 0 Å². The van der Waals surface area contributed by atoms with E-state index in [2.05, 4.69) is 29.3 Å². The summed E-state index contributed by atoms with van der Waals surface area (Å²) in [5, 5.41) is 3.68. The zero-order valence-corrected chi connectivity index (χ0v) is 23.0. The Morgan fingerprint density at radius 1 is 0.925 bits per heavy atom. The predicted molar refractivity (Wildman–Crippen MR) is 159 cm³/mol. The number of hydrogen-bond donors (Lipinski definition) is 1. The Morgan fingerprint density at radius 2 is 1.68 bits per heavy atom. The molecular weight excluding hydrogens is 502 g/mol. The quantitative estimate of drug-likeness (QED) is 0.267. The van der Waals surface area contributed by atoms with Crippen LogP contribution in [0, 0.1) is 13.8 Å². The maximum absolute atomic E-state index is 14.0. The summed E-state index contributed by atoms with van der Waals surface area (Å²) in [5.41, 5.74) is 5.54. The van der Waals surface area contributed by atoms with E-state index < -0.39 is 0 Å². The number of aromatic nitrogens is 5. The molecule has 9 heteroatoms. The van der Waals surface area contributed by atoms with Crippen LogP contribution in [-0.4, -0.2) is 56.1 Å². The first-order valence-corrected chi connectivity index (χ1v) is 13.3. The van der Waals surface area contributed by atoms with Crippen LogP contribution in [0.3, 0.4) is 0 Å². The Labute approximate surface area is 231 Å². The second-order valence-electron chi connectivity index (χ2n) is 10.2. The van der Waals surface area contributed by atoms with Gasteiger partial charge in [0.05, 0.1) is 23.3 Å². The topological polar surface area (TPSA) is 89.6 Å². The molecule has 0 atom stereocenters. The number of para-hydroxylation sites is 3. The number of anilines is 2. The normalized spacial score (nSPS) is 11.6. The molecule has 0 unspecified atom stereocenters. The molecule has 0 bridgehead atoms. The molecule has 3 heterocycles. The number of hydrogen-bond acceptors (Lipinski definition) is 7. The lowest BCUT2D eigenvalue weighted by atomic mass is 10.1. The Morgan fingerprint density at radius 3 is 2.42 bits per heavy atom. The number of imidazole rings is 1. The SMILES string of the molecule is Cc1cccc(C)c1-n1c(=O)c2cnc(Nc3ccc(OCCCN(C)C)cc3)nc2n2c3ccccc3nc12. The minimum absolute atomic E-state index is 0.211. The first-order valence-electron chi connectivity index (χ1n) is 13.3. The van der Waals surface area contributed by atoms with Gasteiger partial charge < -0.3 is 15.0 Å². The molecule has 0 amide bonds. The summed E-state index contributed by atoms with van der Waals surface area (Å²) in [7, 11) is 4.10. The molecule has 0 spiro atoms. The number of nitrogens with zero attached hydrogens (tertiary/aromatic N) is 6. The van der Waals surface area contributed by atoms with Crippen molar-refractivity contribution in [3.63, 3.8) is 0 Å². The highest BCUT2D eigenvalue weighted by Gasteiger charge is 2.20. The predicted octanol–water partition coefficient (Wildman–Crippen LogP) is 5.27. The third kappa shape index (κ3) is 4.65. The second kappa shape index (κ2) is 10.4. The van der Waals surface area contributed by atoms with Crippen LogP contribution in [0.25, 0.3) is 33.5 Å². The van der Waals surface area contributed by atoms with E-state index in [4.69, 9.17) is 14.7 Å². The lowest BCUT2D eigenvalue weighted by Crippen LogP contribution is -2.24. The van der Waals surface area contributed by atoms with E-state index in [9.17, 15) is 4.79 Å². The standard InChI is InChI=1S/C31H31N7O2/c1-20-9-7-10-21(2)27(20)38-29(39)24-19-32-30(33-22-13-15-23(16-14-22)40-18-8-17-36(3)4)35-28(24)37-26-12-6-5-11-25(26)34-31(37)38/h5-7,9-16,19H,8,17-18H2,1-4H3,(H,32,33,35). The van der Waals surface area contributed by atoms with E-state index in [1.165, 1.54) is 0 Å². The van der Waals surface area contributed by atoms with Gasteiger partial charge in [-0.15, -0.1) is 0 Å². The minimum atomic E-state index is -0.211. The van der Waals surface area contributed by atoms with Crippen molar-refractivity contribution < 1.29 is 4.74 Å². The first-order chi connectivity index (χ1) is 19.4. The van der Waals surface area contributed by atoms with Crippen LogP contribution in [0.15, 0.2) is 77.7 Å². The van der Waals surface area contributed by atoms with Crippen LogP contribution in [-0.2, 0) is 0 Å². The minimum Gasteiger partial charge on any atom is -0.494 e. The number of fused-ring (bicyclic) bond motifs is 5. The number of aryl methyl sites for hydroxylation is 2. The first kappa shape index (κ1) is 25.5. The van der Waals surface area contributed by atoms with Crippen LogP contribution in [0.4, 0.5) is 11.6 Å². The maximum Gasteiger partial charge on any atom is 0.270 e. The Hall–Kier alpha value is -4.76. The van der Waals surface area contributed by atoms with Crippen LogP contribution in [0.1, 0.15) is 17.5 Å². The fourth-order valence-electron chi connectivity index (χ4n) is 5.03. The van der Waals surface area contributed by atoms with Gasteiger partial charge in [0, 0.05) is 18.4 Å². The van der Waals surface area contributed by atoms with E-state index >= 15 is 0 Å². The van der Waals surface area contributed by atoms with Crippen molar-refractivity contribution in [3.8, 4) is 11.4 Å². The van der Waals surface area contributed by atoms with Crippen molar-refractivity contribution in [2.75, 3.05) is 32.6 Å². The van der Waals surface area contributed by atoms with Gasteiger partial charge in [-0.2, -0.15) is 4.98 Å². The molecule has 0 saturated heterocycles. The third-order valence-corrected chi connectivity index (χ3v) is 6.95. The molecule has 0 aliphatic rings. The van der Waals surface area contributed by atoms with E-state index in [0.717, 1.165) is 52.3 Å². The molecule has 0 radical (unpaired) electrons. The molecule has 40 heavy (non-hydrogen) atoms. The highest BCUT2D eigenvalue weighted by atomic mass is 16.5. The fourth-order valence-corrected chi connectivity index (χ4v) is 5.03. The summed E-state index contributed by atoms with van der Waals surface area (Å²) in [6.07, 6.45) is 2.55. The molecule has 0 fully saturated rings. The average molecular weight is 534 g/mol. The molecule has 0 aliphatic heterocycles. The lowest BCUT2D eigenvalue weighted by Gasteiger charge is -2.15. The number of rotatable bonds is 8. The molecule has 6 rings (SSSR count). The van der Waals surface area contributed by atoms with Crippen molar-refractivity contribution in [1.29, 1.82) is 0 Å². The van der Waals surface area contributed by atoms with Gasteiger partial charge in [-0.05, 0) is 81.9 Å². The highest BCUT2D eigenvalue weighted by Crippen LogP contribution is 2.26. The highest BCUT2D eigenvalue weighted by molar-refractivity contribution is 5.88. The van der Waals surface area contributed by atoms with Crippen molar-refractivity contribution in [2.24, 2.45) is 0 Å². The van der Waals surface area contributed by atoms with Gasteiger partial charge in [0.2, 0.25) is 11.7 Å². The number of ether oxygens (including phenoxy) is 1. The second-order valence-corrected chi connectivity index (χ2v) is 10.2. The third-order valence-electron chi connectivity index (χ3n) is 6.95. The fraction of sp³-hybridized carbons (Fsp3) is 0.226. The largest absolute Gasteiger partial charge is 0.494 e. The van der Waals surface area contributed by atoms with Gasteiger partial charge in [-0.25, -0.2) is 14.5 Å². The molecule has 202 valence electrons. The summed E-state index contributed by atoms with van der Waals surface area (Å²) in [5.74, 6) is 1.70. The van der Waals surface area contributed by atoms with Crippen LogP contribution < -0.4 is 15.6 Å². The molecule has 3 aromatic carbocycles. The van der Waals surface area contributed by atoms with E-state index in [1.54, 1.807) is 10.8 Å².